The van der Waals surface area contributed by atoms with Crippen LogP contribution in [-0.2, 0) is 4.74 Å². The Hall–Kier alpha value is -1.06. The van der Waals surface area contributed by atoms with Gasteiger partial charge in [0.25, 0.3) is 0 Å². The number of nitrogens with one attached hydrogen (secondary N) is 1. The fourth-order valence-corrected chi connectivity index (χ4v) is 1.47. The molecule has 1 unspecified atom stereocenters. The van der Waals surface area contributed by atoms with Gasteiger partial charge in [0.1, 0.15) is 5.82 Å². The highest BCUT2D eigenvalue weighted by molar-refractivity contribution is 6.30. The number of benzene rings is 1. The van der Waals surface area contributed by atoms with Crippen molar-refractivity contribution in [2.75, 3.05) is 6.54 Å². The van der Waals surface area contributed by atoms with Gasteiger partial charge in [0.15, 0.2) is 6.23 Å². The van der Waals surface area contributed by atoms with E-state index in [1.807, 2.05) is 6.08 Å². The van der Waals surface area contributed by atoms with Crippen LogP contribution in [0.4, 0.5) is 4.39 Å². The van der Waals surface area contributed by atoms with Crippen molar-refractivity contribution in [3.63, 3.8) is 0 Å². The van der Waals surface area contributed by atoms with Crippen LogP contribution in [0.25, 0.3) is 0 Å². The van der Waals surface area contributed by atoms with Crippen LogP contribution < -0.4 is 5.32 Å². The molecule has 4 heteroatoms. The van der Waals surface area contributed by atoms with Gasteiger partial charge in [-0.15, -0.1) is 0 Å². The minimum Gasteiger partial charge on any atom is -0.479 e. The monoisotopic (exact) mass is 213 g/mol. The molecule has 0 saturated carbocycles. The van der Waals surface area contributed by atoms with Crippen molar-refractivity contribution in [1.82, 2.24) is 5.32 Å². The van der Waals surface area contributed by atoms with E-state index in [1.54, 1.807) is 18.4 Å². The predicted molar refractivity (Wildman–Crippen MR) is 52.4 cm³/mol. The first-order valence-corrected chi connectivity index (χ1v) is 4.64. The van der Waals surface area contributed by atoms with Crippen LogP contribution in [0, 0.1) is 5.82 Å². The van der Waals surface area contributed by atoms with Gasteiger partial charge >= 0.3 is 0 Å². The van der Waals surface area contributed by atoms with Crippen LogP contribution >= 0.6 is 11.6 Å². The zero-order valence-electron chi connectivity index (χ0n) is 7.34. The summed E-state index contributed by atoms with van der Waals surface area (Å²) >= 11 is 5.66. The van der Waals surface area contributed by atoms with Gasteiger partial charge in [-0.1, -0.05) is 17.7 Å². The van der Waals surface area contributed by atoms with E-state index >= 15 is 0 Å². The maximum Gasteiger partial charge on any atom is 0.175 e. The molecule has 2 nitrogen and oxygen atoms in total. The van der Waals surface area contributed by atoms with E-state index in [0.29, 0.717) is 0 Å². The summed E-state index contributed by atoms with van der Waals surface area (Å²) in [5, 5.41) is 3.21. The summed E-state index contributed by atoms with van der Waals surface area (Å²) < 4.78 is 18.1. The van der Waals surface area contributed by atoms with Gasteiger partial charge in [-0.2, -0.15) is 0 Å². The first-order chi connectivity index (χ1) is 6.77. The Kier molecular flexibility index (Phi) is 2.70. The summed E-state index contributed by atoms with van der Waals surface area (Å²) in [6.07, 6.45) is 3.25. The van der Waals surface area contributed by atoms with E-state index in [1.165, 1.54) is 6.07 Å². The number of hydrogen-bond acceptors (Lipinski definition) is 2. The quantitative estimate of drug-likeness (QED) is 0.774. The van der Waals surface area contributed by atoms with Gasteiger partial charge in [0.2, 0.25) is 0 Å². The maximum atomic E-state index is 12.9. The lowest BCUT2D eigenvalue weighted by atomic mass is 10.2. The molecule has 1 aromatic carbocycles. The number of rotatable bonds is 1. The smallest absolute Gasteiger partial charge is 0.175 e. The maximum absolute atomic E-state index is 12.9. The van der Waals surface area contributed by atoms with Crippen molar-refractivity contribution in [3.05, 3.63) is 46.9 Å². The van der Waals surface area contributed by atoms with Crippen LogP contribution in [-0.4, -0.2) is 6.54 Å². The number of halogens is 2. The summed E-state index contributed by atoms with van der Waals surface area (Å²) in [4.78, 5) is 0. The van der Waals surface area contributed by atoms with Crippen molar-refractivity contribution < 1.29 is 9.13 Å². The fourth-order valence-electron chi connectivity index (χ4n) is 1.28. The molecule has 74 valence electrons. The molecule has 1 aliphatic rings. The first-order valence-electron chi connectivity index (χ1n) is 4.26. The minimum atomic E-state index is -0.415. The van der Waals surface area contributed by atoms with Gasteiger partial charge < -0.3 is 4.74 Å². The molecular weight excluding hydrogens is 205 g/mol. The van der Waals surface area contributed by atoms with Gasteiger partial charge in [-0.05, 0) is 18.2 Å². The minimum absolute atomic E-state index is 0.113. The van der Waals surface area contributed by atoms with E-state index in [4.69, 9.17) is 16.3 Å². The zero-order valence-corrected chi connectivity index (χ0v) is 8.09. The number of hydrogen-bond donors (Lipinski definition) is 1. The number of ether oxygens (including phenoxy) is 1. The normalized spacial score (nSPS) is 20.6. The van der Waals surface area contributed by atoms with Gasteiger partial charge in [-0.3, -0.25) is 5.32 Å². The average Bonchev–Trinajstić information content (AvgIpc) is 2.23. The van der Waals surface area contributed by atoms with E-state index in [0.717, 1.165) is 12.1 Å². The molecule has 1 atom stereocenters. The van der Waals surface area contributed by atoms with Crippen LogP contribution in [0.1, 0.15) is 11.8 Å². The van der Waals surface area contributed by atoms with E-state index < -0.39 is 5.82 Å². The van der Waals surface area contributed by atoms with Crippen molar-refractivity contribution >= 4 is 11.6 Å². The lowest BCUT2D eigenvalue weighted by Crippen LogP contribution is -2.25. The summed E-state index contributed by atoms with van der Waals surface area (Å²) in [6.45, 7) is 0.736. The largest absolute Gasteiger partial charge is 0.479 e. The highest BCUT2D eigenvalue weighted by Crippen LogP contribution is 2.22. The summed E-state index contributed by atoms with van der Waals surface area (Å²) in [6, 6.07) is 4.55. The van der Waals surface area contributed by atoms with Crippen LogP contribution in [0.15, 0.2) is 30.5 Å². The third-order valence-corrected chi connectivity index (χ3v) is 2.27. The second kappa shape index (κ2) is 3.98. The fraction of sp³-hybridized carbons (Fsp3) is 0.200. The van der Waals surface area contributed by atoms with Crippen LogP contribution in [0.5, 0.6) is 0 Å². The van der Waals surface area contributed by atoms with Crippen molar-refractivity contribution in [1.29, 1.82) is 0 Å². The predicted octanol–water partition coefficient (Wildman–Crippen LogP) is 2.61. The Bertz CT molecular complexity index is 367. The van der Waals surface area contributed by atoms with Gasteiger partial charge in [0.05, 0.1) is 11.3 Å². The molecule has 1 aromatic rings. The molecule has 0 fully saturated rings. The zero-order chi connectivity index (χ0) is 9.97. The topological polar surface area (TPSA) is 21.3 Å². The third kappa shape index (κ3) is 1.89. The van der Waals surface area contributed by atoms with Crippen LogP contribution in [0.3, 0.4) is 0 Å². The summed E-state index contributed by atoms with van der Waals surface area (Å²) in [5.41, 5.74) is 0.820. The SMILES string of the molecule is Fc1ccc(C2NCC=CO2)cc1Cl. The highest BCUT2D eigenvalue weighted by atomic mass is 35.5. The molecule has 14 heavy (non-hydrogen) atoms. The highest BCUT2D eigenvalue weighted by Gasteiger charge is 2.13. The molecule has 0 radical (unpaired) electrons. The second-order valence-electron chi connectivity index (χ2n) is 2.97. The third-order valence-electron chi connectivity index (χ3n) is 1.98. The molecule has 1 N–H and O–H groups in total. The summed E-state index contributed by atoms with van der Waals surface area (Å²) in [5.74, 6) is -0.415. The molecule has 0 aliphatic carbocycles. The second-order valence-corrected chi connectivity index (χ2v) is 3.38. The molecule has 2 rings (SSSR count). The van der Waals surface area contributed by atoms with Crippen molar-refractivity contribution in [3.8, 4) is 0 Å². The van der Waals surface area contributed by atoms with Crippen molar-refractivity contribution in [2.24, 2.45) is 0 Å². The van der Waals surface area contributed by atoms with E-state index in [9.17, 15) is 4.39 Å². The Balaban J connectivity index is 2.23. The standard InChI is InChI=1S/C10H9ClFNO/c11-8-6-7(2-3-9(8)12)10-13-4-1-5-14-10/h1-3,5-6,10,13H,4H2. The van der Waals surface area contributed by atoms with E-state index in [-0.39, 0.29) is 11.3 Å². The van der Waals surface area contributed by atoms with Crippen molar-refractivity contribution in [2.45, 2.75) is 6.23 Å². The lowest BCUT2D eigenvalue weighted by molar-refractivity contribution is 0.103. The Morgan fingerprint density at radius 2 is 2.36 bits per heavy atom. The van der Waals surface area contributed by atoms with E-state index in [2.05, 4.69) is 5.32 Å². The van der Waals surface area contributed by atoms with Gasteiger partial charge in [-0.25, -0.2) is 4.39 Å². The Morgan fingerprint density at radius 3 is 3.00 bits per heavy atom. The molecule has 0 saturated heterocycles. The van der Waals surface area contributed by atoms with Crippen LogP contribution in [0.2, 0.25) is 5.02 Å². The molecule has 0 amide bonds. The Labute approximate surface area is 86.3 Å². The molecule has 1 aliphatic heterocycles. The summed E-state index contributed by atoms with van der Waals surface area (Å²) in [7, 11) is 0. The first kappa shape index (κ1) is 9.49. The molecule has 0 bridgehead atoms. The molecule has 0 aromatic heterocycles. The molecule has 0 spiro atoms. The average molecular weight is 214 g/mol. The lowest BCUT2D eigenvalue weighted by Gasteiger charge is -2.21. The Morgan fingerprint density at radius 1 is 1.50 bits per heavy atom. The molecular formula is C10H9ClFNO. The molecule has 1 heterocycles. The van der Waals surface area contributed by atoms with Gasteiger partial charge in [0, 0.05) is 12.1 Å².